The zero-order valence-electron chi connectivity index (χ0n) is 12.4. The van der Waals surface area contributed by atoms with E-state index in [4.69, 9.17) is 0 Å². The molecule has 2 aliphatic rings. The predicted molar refractivity (Wildman–Crippen MR) is 77.1 cm³/mol. The standard InChI is InChI=1S/C16H29NO2/c1-3-5-6-11(4-2)10-17-15-13-8-7-12(9-13)14(15)16(18)19/h11-15,17H,3-10H2,1-2H3,(H,18,19). The van der Waals surface area contributed by atoms with E-state index in [1.54, 1.807) is 0 Å². The molecule has 0 heterocycles. The second-order valence-electron chi connectivity index (χ2n) is 6.55. The van der Waals surface area contributed by atoms with Gasteiger partial charge in [0.25, 0.3) is 0 Å². The van der Waals surface area contributed by atoms with Gasteiger partial charge in [-0.1, -0.05) is 33.1 Å². The van der Waals surface area contributed by atoms with Crippen molar-refractivity contribution < 1.29 is 9.90 Å². The lowest BCUT2D eigenvalue weighted by Crippen LogP contribution is -2.45. The molecule has 2 rings (SSSR count). The van der Waals surface area contributed by atoms with Gasteiger partial charge in [-0.3, -0.25) is 4.79 Å². The highest BCUT2D eigenvalue weighted by Crippen LogP contribution is 2.48. The number of carboxylic acids is 1. The third-order valence-corrected chi connectivity index (χ3v) is 5.39. The van der Waals surface area contributed by atoms with Gasteiger partial charge < -0.3 is 10.4 Å². The molecule has 0 aliphatic heterocycles. The predicted octanol–water partition coefficient (Wildman–Crippen LogP) is 3.29. The van der Waals surface area contributed by atoms with Crippen molar-refractivity contribution in [1.82, 2.24) is 5.32 Å². The summed E-state index contributed by atoms with van der Waals surface area (Å²) in [5.74, 6) is 1.08. The fourth-order valence-corrected chi connectivity index (χ4v) is 4.19. The molecule has 0 amide bonds. The fraction of sp³-hybridized carbons (Fsp3) is 0.938. The average molecular weight is 267 g/mol. The number of rotatable bonds is 8. The summed E-state index contributed by atoms with van der Waals surface area (Å²) in [5, 5.41) is 13.1. The maximum Gasteiger partial charge on any atom is 0.308 e. The monoisotopic (exact) mass is 267 g/mol. The number of carbonyl (C=O) groups is 1. The Morgan fingerprint density at radius 1 is 1.32 bits per heavy atom. The molecule has 19 heavy (non-hydrogen) atoms. The smallest absolute Gasteiger partial charge is 0.308 e. The van der Waals surface area contributed by atoms with Crippen molar-refractivity contribution in [2.75, 3.05) is 6.54 Å². The highest BCUT2D eigenvalue weighted by molar-refractivity contribution is 5.72. The van der Waals surface area contributed by atoms with E-state index in [2.05, 4.69) is 19.2 Å². The van der Waals surface area contributed by atoms with Crippen LogP contribution in [0, 0.1) is 23.7 Å². The number of hydrogen-bond acceptors (Lipinski definition) is 2. The van der Waals surface area contributed by atoms with E-state index in [1.807, 2.05) is 0 Å². The van der Waals surface area contributed by atoms with Crippen LogP contribution < -0.4 is 5.32 Å². The Bertz CT molecular complexity index is 305. The normalized spacial score (nSPS) is 34.6. The largest absolute Gasteiger partial charge is 0.481 e. The van der Waals surface area contributed by atoms with Crippen molar-refractivity contribution in [3.8, 4) is 0 Å². The fourth-order valence-electron chi connectivity index (χ4n) is 4.19. The summed E-state index contributed by atoms with van der Waals surface area (Å²) in [6.07, 6.45) is 8.52. The lowest BCUT2D eigenvalue weighted by atomic mass is 9.84. The van der Waals surface area contributed by atoms with E-state index in [0.29, 0.717) is 17.8 Å². The molecule has 110 valence electrons. The van der Waals surface area contributed by atoms with Crippen LogP contribution in [0.25, 0.3) is 0 Å². The summed E-state index contributed by atoms with van der Waals surface area (Å²) >= 11 is 0. The molecule has 2 aliphatic carbocycles. The van der Waals surface area contributed by atoms with E-state index >= 15 is 0 Å². The van der Waals surface area contributed by atoms with Gasteiger partial charge in [0.05, 0.1) is 5.92 Å². The Balaban J connectivity index is 1.85. The van der Waals surface area contributed by atoms with Gasteiger partial charge in [0.15, 0.2) is 0 Å². The van der Waals surface area contributed by atoms with E-state index in [1.165, 1.54) is 32.1 Å². The van der Waals surface area contributed by atoms with Crippen molar-refractivity contribution in [2.45, 2.75) is 64.8 Å². The maximum absolute atomic E-state index is 11.4. The van der Waals surface area contributed by atoms with Gasteiger partial charge in [0, 0.05) is 6.04 Å². The molecule has 0 aromatic rings. The van der Waals surface area contributed by atoms with Crippen molar-refractivity contribution in [1.29, 1.82) is 0 Å². The zero-order valence-corrected chi connectivity index (χ0v) is 12.4. The van der Waals surface area contributed by atoms with Crippen molar-refractivity contribution in [3.63, 3.8) is 0 Å². The molecule has 2 saturated carbocycles. The van der Waals surface area contributed by atoms with E-state index in [0.717, 1.165) is 19.4 Å². The Morgan fingerprint density at radius 2 is 2.05 bits per heavy atom. The summed E-state index contributed by atoms with van der Waals surface area (Å²) < 4.78 is 0. The molecule has 3 heteroatoms. The molecule has 2 bridgehead atoms. The third-order valence-electron chi connectivity index (χ3n) is 5.39. The Morgan fingerprint density at radius 3 is 2.68 bits per heavy atom. The van der Waals surface area contributed by atoms with Crippen LogP contribution in [0.3, 0.4) is 0 Å². The highest BCUT2D eigenvalue weighted by Gasteiger charge is 2.50. The summed E-state index contributed by atoms with van der Waals surface area (Å²) in [6.45, 7) is 5.49. The molecule has 5 atom stereocenters. The van der Waals surface area contributed by atoms with Gasteiger partial charge in [0.1, 0.15) is 0 Å². The second kappa shape index (κ2) is 6.74. The molecule has 0 aromatic heterocycles. The highest BCUT2D eigenvalue weighted by atomic mass is 16.4. The minimum Gasteiger partial charge on any atom is -0.481 e. The molecular weight excluding hydrogens is 238 g/mol. The first-order chi connectivity index (χ1) is 9.17. The molecule has 2 fully saturated rings. The molecule has 5 unspecified atom stereocenters. The minimum absolute atomic E-state index is 0.123. The van der Waals surface area contributed by atoms with Crippen molar-refractivity contribution in [3.05, 3.63) is 0 Å². The number of carboxylic acid groups (broad SMARTS) is 1. The van der Waals surface area contributed by atoms with Gasteiger partial charge in [-0.2, -0.15) is 0 Å². The number of aliphatic carboxylic acids is 1. The van der Waals surface area contributed by atoms with E-state index in [9.17, 15) is 9.90 Å². The maximum atomic E-state index is 11.4. The van der Waals surface area contributed by atoms with E-state index < -0.39 is 5.97 Å². The summed E-state index contributed by atoms with van der Waals surface area (Å²) in [5.41, 5.74) is 0. The van der Waals surface area contributed by atoms with Gasteiger partial charge in [-0.05, 0) is 50.0 Å². The Labute approximate surface area is 117 Å². The van der Waals surface area contributed by atoms with Gasteiger partial charge in [0.2, 0.25) is 0 Å². The minimum atomic E-state index is -0.577. The topological polar surface area (TPSA) is 49.3 Å². The Kier molecular flexibility index (Phi) is 5.26. The van der Waals surface area contributed by atoms with Gasteiger partial charge in [-0.25, -0.2) is 0 Å². The lowest BCUT2D eigenvalue weighted by Gasteiger charge is -2.30. The van der Waals surface area contributed by atoms with Crippen LogP contribution in [0.5, 0.6) is 0 Å². The number of fused-ring (bicyclic) bond motifs is 2. The second-order valence-corrected chi connectivity index (χ2v) is 6.55. The first kappa shape index (κ1) is 14.8. The van der Waals surface area contributed by atoms with Crippen molar-refractivity contribution in [2.24, 2.45) is 23.7 Å². The number of nitrogens with one attached hydrogen (secondary N) is 1. The SMILES string of the molecule is CCCCC(CC)CNC1C2CCC(C2)C1C(=O)O. The number of unbranched alkanes of at least 4 members (excludes halogenated alkanes) is 1. The number of hydrogen-bond donors (Lipinski definition) is 2. The summed E-state index contributed by atoms with van der Waals surface area (Å²) in [4.78, 5) is 11.4. The third kappa shape index (κ3) is 3.31. The Hall–Kier alpha value is -0.570. The molecule has 0 radical (unpaired) electrons. The lowest BCUT2D eigenvalue weighted by molar-refractivity contribution is -0.144. The first-order valence-electron chi connectivity index (χ1n) is 8.13. The molecule has 0 saturated heterocycles. The quantitative estimate of drug-likeness (QED) is 0.709. The molecule has 0 spiro atoms. The van der Waals surface area contributed by atoms with Gasteiger partial charge in [-0.15, -0.1) is 0 Å². The van der Waals surface area contributed by atoms with Crippen LogP contribution in [0.2, 0.25) is 0 Å². The van der Waals surface area contributed by atoms with Gasteiger partial charge >= 0.3 is 5.97 Å². The zero-order chi connectivity index (χ0) is 13.8. The van der Waals surface area contributed by atoms with Crippen molar-refractivity contribution >= 4 is 5.97 Å². The molecule has 2 N–H and O–H groups in total. The molecular formula is C16H29NO2. The summed E-state index contributed by atoms with van der Waals surface area (Å²) in [6, 6.07) is 0.243. The van der Waals surface area contributed by atoms with Crippen LogP contribution in [0.1, 0.15) is 58.8 Å². The first-order valence-corrected chi connectivity index (χ1v) is 8.13. The van der Waals surface area contributed by atoms with Crippen LogP contribution in [0.15, 0.2) is 0 Å². The van der Waals surface area contributed by atoms with Crippen LogP contribution >= 0.6 is 0 Å². The summed E-state index contributed by atoms with van der Waals surface area (Å²) in [7, 11) is 0. The van der Waals surface area contributed by atoms with Crippen LogP contribution in [-0.4, -0.2) is 23.7 Å². The van der Waals surface area contributed by atoms with Crippen LogP contribution in [0.4, 0.5) is 0 Å². The van der Waals surface area contributed by atoms with Crippen LogP contribution in [-0.2, 0) is 4.79 Å². The van der Waals surface area contributed by atoms with E-state index in [-0.39, 0.29) is 12.0 Å². The molecule has 3 nitrogen and oxygen atoms in total. The average Bonchev–Trinajstić information content (AvgIpc) is 2.99. The molecule has 0 aromatic carbocycles.